The van der Waals surface area contributed by atoms with E-state index in [4.69, 9.17) is 26.4 Å². The van der Waals surface area contributed by atoms with Crippen LogP contribution in [0, 0.1) is 4.77 Å². The molecular weight excluding hydrogens is 266 g/mol. The van der Waals surface area contributed by atoms with Crippen LogP contribution < -0.4 is 14.2 Å². The first kappa shape index (κ1) is 13.4. The molecule has 19 heavy (non-hydrogen) atoms. The second kappa shape index (κ2) is 5.31. The standard InChI is InChI=1S/C12H15N3O3S/c1-15-11(13-14-12(15)19)7-5-9(17-3)10(18-4)6-8(7)16-2/h5-6H,1-4H3,(H,14,19). The van der Waals surface area contributed by atoms with Gasteiger partial charge in [-0.05, 0) is 18.3 Å². The minimum atomic E-state index is 0.534. The molecule has 7 heteroatoms. The van der Waals surface area contributed by atoms with Crippen LogP contribution in [0.3, 0.4) is 0 Å². The topological polar surface area (TPSA) is 61.3 Å². The van der Waals surface area contributed by atoms with E-state index in [2.05, 4.69) is 10.2 Å². The van der Waals surface area contributed by atoms with Gasteiger partial charge < -0.3 is 18.8 Å². The summed E-state index contributed by atoms with van der Waals surface area (Å²) in [6.45, 7) is 0. The van der Waals surface area contributed by atoms with Crippen molar-refractivity contribution in [3.63, 3.8) is 0 Å². The molecule has 1 heterocycles. The molecule has 0 unspecified atom stereocenters. The van der Waals surface area contributed by atoms with Gasteiger partial charge >= 0.3 is 0 Å². The molecule has 0 fully saturated rings. The average molecular weight is 281 g/mol. The minimum absolute atomic E-state index is 0.534. The third-order valence-electron chi connectivity index (χ3n) is 2.83. The summed E-state index contributed by atoms with van der Waals surface area (Å²) in [7, 11) is 6.58. The molecule has 6 nitrogen and oxygen atoms in total. The molecule has 0 aliphatic heterocycles. The number of nitrogens with one attached hydrogen (secondary N) is 1. The van der Waals surface area contributed by atoms with Crippen molar-refractivity contribution in [1.29, 1.82) is 0 Å². The summed E-state index contributed by atoms with van der Waals surface area (Å²) in [5.74, 6) is 2.50. The van der Waals surface area contributed by atoms with Crippen molar-refractivity contribution in [2.75, 3.05) is 21.3 Å². The highest BCUT2D eigenvalue weighted by atomic mass is 32.1. The summed E-state index contributed by atoms with van der Waals surface area (Å²) in [6.07, 6.45) is 0. The quantitative estimate of drug-likeness (QED) is 0.870. The maximum absolute atomic E-state index is 5.37. The summed E-state index contributed by atoms with van der Waals surface area (Å²) >= 11 is 5.11. The first-order valence-corrected chi connectivity index (χ1v) is 5.95. The van der Waals surface area contributed by atoms with E-state index >= 15 is 0 Å². The number of ether oxygens (including phenoxy) is 3. The van der Waals surface area contributed by atoms with Crippen molar-refractivity contribution in [3.8, 4) is 28.6 Å². The van der Waals surface area contributed by atoms with Crippen molar-refractivity contribution in [2.24, 2.45) is 7.05 Å². The van der Waals surface area contributed by atoms with Gasteiger partial charge in [0.2, 0.25) is 0 Å². The predicted molar refractivity (Wildman–Crippen MR) is 73.5 cm³/mol. The molecular formula is C12H15N3O3S. The Hall–Kier alpha value is -2.02. The third kappa shape index (κ3) is 2.28. The van der Waals surface area contributed by atoms with Gasteiger partial charge in [0.25, 0.3) is 0 Å². The number of H-pyrrole nitrogens is 1. The summed E-state index contributed by atoms with van der Waals surface area (Å²) in [5.41, 5.74) is 0.773. The van der Waals surface area contributed by atoms with E-state index in [1.165, 1.54) is 0 Å². The summed E-state index contributed by atoms with van der Waals surface area (Å²) in [5, 5.41) is 6.94. The van der Waals surface area contributed by atoms with Gasteiger partial charge in [-0.1, -0.05) is 0 Å². The fraction of sp³-hybridized carbons (Fsp3) is 0.333. The monoisotopic (exact) mass is 281 g/mol. The van der Waals surface area contributed by atoms with Crippen LogP contribution in [0.2, 0.25) is 0 Å². The van der Waals surface area contributed by atoms with Gasteiger partial charge in [-0.15, -0.1) is 0 Å². The van der Waals surface area contributed by atoms with Crippen molar-refractivity contribution in [3.05, 3.63) is 16.9 Å². The first-order chi connectivity index (χ1) is 9.12. The number of aromatic amines is 1. The summed E-state index contributed by atoms with van der Waals surface area (Å²) < 4.78 is 18.2. The zero-order valence-corrected chi connectivity index (χ0v) is 12.0. The third-order valence-corrected chi connectivity index (χ3v) is 3.19. The summed E-state index contributed by atoms with van der Waals surface area (Å²) in [4.78, 5) is 0. The normalized spacial score (nSPS) is 10.3. The number of benzene rings is 1. The molecule has 0 radical (unpaired) electrons. The maximum Gasteiger partial charge on any atom is 0.195 e. The number of methoxy groups -OCH3 is 3. The van der Waals surface area contributed by atoms with Crippen LogP contribution in [-0.4, -0.2) is 36.1 Å². The van der Waals surface area contributed by atoms with Gasteiger partial charge in [-0.2, -0.15) is 5.10 Å². The molecule has 0 aliphatic rings. The molecule has 1 aromatic carbocycles. The molecule has 0 saturated carbocycles. The van der Waals surface area contributed by atoms with Gasteiger partial charge in [0.15, 0.2) is 22.1 Å². The Morgan fingerprint density at radius 1 is 1.05 bits per heavy atom. The molecule has 0 amide bonds. The first-order valence-electron chi connectivity index (χ1n) is 5.54. The molecule has 1 N–H and O–H groups in total. The lowest BCUT2D eigenvalue weighted by molar-refractivity contribution is 0.349. The van der Waals surface area contributed by atoms with Gasteiger partial charge in [0.1, 0.15) is 5.75 Å². The number of hydrogen-bond acceptors (Lipinski definition) is 5. The SMILES string of the molecule is COc1cc(OC)c(-c2n[nH]c(=S)n2C)cc1OC. The van der Waals surface area contributed by atoms with Crippen molar-refractivity contribution >= 4 is 12.2 Å². The highest BCUT2D eigenvalue weighted by Crippen LogP contribution is 2.39. The maximum atomic E-state index is 5.37. The van der Waals surface area contributed by atoms with Crippen LogP contribution in [0.1, 0.15) is 0 Å². The van der Waals surface area contributed by atoms with E-state index in [0.29, 0.717) is 27.8 Å². The summed E-state index contributed by atoms with van der Waals surface area (Å²) in [6, 6.07) is 3.56. The second-order valence-electron chi connectivity index (χ2n) is 3.82. The van der Waals surface area contributed by atoms with Crippen molar-refractivity contribution in [1.82, 2.24) is 14.8 Å². The lowest BCUT2D eigenvalue weighted by Crippen LogP contribution is -1.98. The van der Waals surface area contributed by atoms with Crippen LogP contribution >= 0.6 is 12.2 Å². The Balaban J connectivity index is 2.68. The van der Waals surface area contributed by atoms with E-state index in [1.54, 1.807) is 32.0 Å². The smallest absolute Gasteiger partial charge is 0.195 e. The van der Waals surface area contributed by atoms with Gasteiger partial charge in [-0.3, -0.25) is 5.10 Å². The Labute approximate surface area is 115 Å². The van der Waals surface area contributed by atoms with Crippen molar-refractivity contribution in [2.45, 2.75) is 0 Å². The number of hydrogen-bond donors (Lipinski definition) is 1. The largest absolute Gasteiger partial charge is 0.496 e. The molecule has 0 aliphatic carbocycles. The van der Waals surface area contributed by atoms with E-state index in [1.807, 2.05) is 13.1 Å². The Bertz CT molecular complexity index is 648. The molecule has 0 bridgehead atoms. The molecule has 2 aromatic rings. The highest BCUT2D eigenvalue weighted by molar-refractivity contribution is 7.71. The van der Waals surface area contributed by atoms with E-state index in [0.717, 1.165) is 5.56 Å². The van der Waals surface area contributed by atoms with Gasteiger partial charge in [-0.25, -0.2) is 0 Å². The van der Waals surface area contributed by atoms with Crippen LogP contribution in [0.25, 0.3) is 11.4 Å². The Morgan fingerprint density at radius 3 is 2.11 bits per heavy atom. The fourth-order valence-corrected chi connectivity index (χ4v) is 1.92. The highest BCUT2D eigenvalue weighted by Gasteiger charge is 2.16. The predicted octanol–water partition coefficient (Wildman–Crippen LogP) is 2.17. The molecule has 0 atom stereocenters. The van der Waals surface area contributed by atoms with Crippen LogP contribution in [-0.2, 0) is 7.05 Å². The van der Waals surface area contributed by atoms with Gasteiger partial charge in [0, 0.05) is 13.1 Å². The number of rotatable bonds is 4. The van der Waals surface area contributed by atoms with Crippen LogP contribution in [0.5, 0.6) is 17.2 Å². The molecule has 1 aromatic heterocycles. The number of aromatic nitrogens is 3. The van der Waals surface area contributed by atoms with E-state index < -0.39 is 0 Å². The Morgan fingerprint density at radius 2 is 1.63 bits per heavy atom. The number of nitrogens with zero attached hydrogens (tertiary/aromatic N) is 2. The lowest BCUT2D eigenvalue weighted by atomic mass is 10.1. The molecule has 102 valence electrons. The lowest BCUT2D eigenvalue weighted by Gasteiger charge is -2.13. The van der Waals surface area contributed by atoms with Gasteiger partial charge in [0.05, 0.1) is 26.9 Å². The molecule has 0 saturated heterocycles. The van der Waals surface area contributed by atoms with Crippen LogP contribution in [0.4, 0.5) is 0 Å². The fourth-order valence-electron chi connectivity index (χ4n) is 1.79. The van der Waals surface area contributed by atoms with E-state index in [9.17, 15) is 0 Å². The minimum Gasteiger partial charge on any atom is -0.496 e. The second-order valence-corrected chi connectivity index (χ2v) is 4.21. The zero-order valence-electron chi connectivity index (χ0n) is 11.2. The van der Waals surface area contributed by atoms with Crippen LogP contribution in [0.15, 0.2) is 12.1 Å². The van der Waals surface area contributed by atoms with Crippen molar-refractivity contribution < 1.29 is 14.2 Å². The molecule has 0 spiro atoms. The zero-order chi connectivity index (χ0) is 14.0. The Kier molecular flexibility index (Phi) is 3.75. The molecule has 2 rings (SSSR count). The van der Waals surface area contributed by atoms with E-state index in [-0.39, 0.29) is 0 Å². The average Bonchev–Trinajstić information content (AvgIpc) is 2.77.